The number of hydrogen-bond donors (Lipinski definition) is 4. The summed E-state index contributed by atoms with van der Waals surface area (Å²) in [7, 11) is -3.23. The van der Waals surface area contributed by atoms with E-state index >= 15 is 0 Å². The maximum Gasteiger partial charge on any atom is 0.315 e. The van der Waals surface area contributed by atoms with Gasteiger partial charge in [-0.15, -0.1) is 0 Å². The van der Waals surface area contributed by atoms with Gasteiger partial charge >= 0.3 is 6.03 Å². The number of aliphatic hydroxyl groups is 1. The molecule has 1 aliphatic rings. The van der Waals surface area contributed by atoms with Crippen LogP contribution in [-0.4, -0.2) is 51.5 Å². The Morgan fingerprint density at radius 1 is 1.24 bits per heavy atom. The van der Waals surface area contributed by atoms with Crippen LogP contribution in [0.4, 0.5) is 4.79 Å². The highest BCUT2D eigenvalue weighted by atomic mass is 32.2. The molecule has 0 aromatic rings. The van der Waals surface area contributed by atoms with E-state index in [-0.39, 0.29) is 31.8 Å². The van der Waals surface area contributed by atoms with Gasteiger partial charge in [-0.2, -0.15) is 0 Å². The first kappa shape index (κ1) is 18.2. The fourth-order valence-electron chi connectivity index (χ4n) is 2.73. The van der Waals surface area contributed by atoms with Crippen LogP contribution < -0.4 is 15.4 Å². The summed E-state index contributed by atoms with van der Waals surface area (Å²) in [6.45, 7) is 0.451. The molecule has 1 fully saturated rings. The molecule has 4 N–H and O–H groups in total. The van der Waals surface area contributed by atoms with E-state index in [9.17, 15) is 13.2 Å². The van der Waals surface area contributed by atoms with Gasteiger partial charge in [0.2, 0.25) is 10.0 Å². The summed E-state index contributed by atoms with van der Waals surface area (Å²) >= 11 is 0. The molecule has 1 unspecified atom stereocenters. The van der Waals surface area contributed by atoms with Gasteiger partial charge in [0.05, 0.1) is 6.26 Å². The molecule has 0 heterocycles. The number of carbonyl (C=O) groups excluding carboxylic acids is 1. The number of rotatable bonds is 8. The number of hydrogen-bond acceptors (Lipinski definition) is 4. The monoisotopic (exact) mass is 321 g/mol. The van der Waals surface area contributed by atoms with Crippen LogP contribution in [0.1, 0.15) is 38.5 Å². The van der Waals surface area contributed by atoms with Crippen molar-refractivity contribution < 1.29 is 18.3 Å². The lowest BCUT2D eigenvalue weighted by atomic mass is 9.83. The Morgan fingerprint density at radius 2 is 1.90 bits per heavy atom. The number of nitrogens with one attached hydrogen (secondary N) is 3. The highest BCUT2D eigenvalue weighted by Crippen LogP contribution is 2.27. The van der Waals surface area contributed by atoms with Crippen molar-refractivity contribution >= 4 is 16.1 Å². The van der Waals surface area contributed by atoms with Crippen molar-refractivity contribution in [3.05, 3.63) is 0 Å². The SMILES string of the molecule is CS(=O)(=O)NCCNC(=O)NC(CCO)C1CCCCC1. The first-order valence-electron chi connectivity index (χ1n) is 7.52. The molecule has 2 amide bonds. The Kier molecular flexibility index (Phi) is 7.98. The van der Waals surface area contributed by atoms with E-state index in [0.29, 0.717) is 12.3 Å². The largest absolute Gasteiger partial charge is 0.396 e. The molecule has 1 atom stereocenters. The van der Waals surface area contributed by atoms with Crippen LogP contribution in [0.15, 0.2) is 0 Å². The van der Waals surface area contributed by atoms with E-state index in [1.807, 2.05) is 0 Å². The summed E-state index contributed by atoms with van der Waals surface area (Å²) in [4.78, 5) is 11.8. The summed E-state index contributed by atoms with van der Waals surface area (Å²) in [6, 6.07) is -0.326. The van der Waals surface area contributed by atoms with Crippen molar-refractivity contribution in [2.45, 2.75) is 44.6 Å². The summed E-state index contributed by atoms with van der Waals surface area (Å²) < 4.78 is 24.1. The summed E-state index contributed by atoms with van der Waals surface area (Å²) in [5, 5.41) is 14.7. The average molecular weight is 321 g/mol. The maximum absolute atomic E-state index is 11.8. The van der Waals surface area contributed by atoms with E-state index in [1.165, 1.54) is 19.3 Å². The number of aliphatic hydroxyl groups excluding tert-OH is 1. The minimum atomic E-state index is -3.23. The normalized spacial score (nSPS) is 18.2. The van der Waals surface area contributed by atoms with Crippen LogP contribution in [0.5, 0.6) is 0 Å². The highest BCUT2D eigenvalue weighted by molar-refractivity contribution is 7.88. The Balaban J connectivity index is 2.31. The Hall–Kier alpha value is -0.860. The second-order valence-corrected chi connectivity index (χ2v) is 7.42. The van der Waals surface area contributed by atoms with Crippen molar-refractivity contribution in [2.75, 3.05) is 26.0 Å². The smallest absolute Gasteiger partial charge is 0.315 e. The number of carbonyl (C=O) groups is 1. The number of amides is 2. The molecule has 0 spiro atoms. The van der Waals surface area contributed by atoms with Crippen molar-refractivity contribution in [1.82, 2.24) is 15.4 Å². The Morgan fingerprint density at radius 3 is 2.48 bits per heavy atom. The quantitative estimate of drug-likeness (QED) is 0.478. The molecular weight excluding hydrogens is 294 g/mol. The summed E-state index contributed by atoms with van der Waals surface area (Å²) in [5.41, 5.74) is 0. The van der Waals surface area contributed by atoms with E-state index in [2.05, 4.69) is 15.4 Å². The van der Waals surface area contributed by atoms with Crippen molar-refractivity contribution in [1.29, 1.82) is 0 Å². The fourth-order valence-corrected chi connectivity index (χ4v) is 3.21. The molecule has 1 saturated carbocycles. The van der Waals surface area contributed by atoms with Crippen LogP contribution in [0, 0.1) is 5.92 Å². The third-order valence-corrected chi connectivity index (χ3v) is 4.48. The second-order valence-electron chi connectivity index (χ2n) is 5.58. The predicted molar refractivity (Wildman–Crippen MR) is 81.4 cm³/mol. The molecule has 7 nitrogen and oxygen atoms in total. The lowest BCUT2D eigenvalue weighted by Gasteiger charge is -2.30. The maximum atomic E-state index is 11.8. The van der Waals surface area contributed by atoms with E-state index < -0.39 is 10.0 Å². The molecular formula is C13H27N3O4S. The minimum Gasteiger partial charge on any atom is -0.396 e. The second kappa shape index (κ2) is 9.22. The van der Waals surface area contributed by atoms with Gasteiger partial charge in [0.15, 0.2) is 0 Å². The minimum absolute atomic E-state index is 0.0156. The Labute approximate surface area is 126 Å². The zero-order valence-electron chi connectivity index (χ0n) is 12.6. The van der Waals surface area contributed by atoms with Gasteiger partial charge in [0.1, 0.15) is 0 Å². The van der Waals surface area contributed by atoms with Crippen LogP contribution in [0.3, 0.4) is 0 Å². The van der Waals surface area contributed by atoms with Gasteiger partial charge in [-0.1, -0.05) is 19.3 Å². The Bertz CT molecular complexity index is 408. The molecule has 124 valence electrons. The predicted octanol–water partition coefficient (Wildman–Crippen LogP) is 0.166. The van der Waals surface area contributed by atoms with Gasteiger partial charge in [0, 0.05) is 25.7 Å². The standard InChI is InChI=1S/C13H27N3O4S/c1-21(19,20)15-9-8-14-13(18)16-12(7-10-17)11-5-3-2-4-6-11/h11-12,15,17H,2-10H2,1H3,(H2,14,16,18). The van der Waals surface area contributed by atoms with Crippen LogP contribution in [-0.2, 0) is 10.0 Å². The molecule has 0 aliphatic heterocycles. The van der Waals surface area contributed by atoms with Gasteiger partial charge in [-0.05, 0) is 25.2 Å². The third-order valence-electron chi connectivity index (χ3n) is 3.75. The van der Waals surface area contributed by atoms with E-state index in [1.54, 1.807) is 0 Å². The third kappa shape index (κ3) is 8.23. The lowest BCUT2D eigenvalue weighted by molar-refractivity contribution is 0.197. The zero-order chi connectivity index (χ0) is 15.7. The van der Waals surface area contributed by atoms with Gasteiger partial charge in [0.25, 0.3) is 0 Å². The highest BCUT2D eigenvalue weighted by Gasteiger charge is 2.24. The topological polar surface area (TPSA) is 108 Å². The van der Waals surface area contributed by atoms with Crippen molar-refractivity contribution in [2.24, 2.45) is 5.92 Å². The lowest BCUT2D eigenvalue weighted by Crippen LogP contribution is -2.47. The first-order valence-corrected chi connectivity index (χ1v) is 9.41. The van der Waals surface area contributed by atoms with Crippen LogP contribution in [0.25, 0.3) is 0 Å². The molecule has 0 radical (unpaired) electrons. The molecule has 0 aromatic heterocycles. The van der Waals surface area contributed by atoms with Crippen LogP contribution >= 0.6 is 0 Å². The molecule has 0 saturated heterocycles. The molecule has 8 heteroatoms. The van der Waals surface area contributed by atoms with E-state index in [4.69, 9.17) is 5.11 Å². The molecule has 1 aliphatic carbocycles. The van der Waals surface area contributed by atoms with Crippen molar-refractivity contribution in [3.8, 4) is 0 Å². The summed E-state index contributed by atoms with van der Waals surface area (Å²) in [6.07, 6.45) is 7.39. The zero-order valence-corrected chi connectivity index (χ0v) is 13.4. The molecule has 0 bridgehead atoms. The molecule has 21 heavy (non-hydrogen) atoms. The number of sulfonamides is 1. The fraction of sp³-hybridized carbons (Fsp3) is 0.923. The molecule has 1 rings (SSSR count). The van der Waals surface area contributed by atoms with Crippen molar-refractivity contribution in [3.63, 3.8) is 0 Å². The first-order chi connectivity index (χ1) is 9.92. The molecule has 0 aromatic carbocycles. The average Bonchev–Trinajstić information content (AvgIpc) is 2.43. The van der Waals surface area contributed by atoms with E-state index in [0.717, 1.165) is 19.1 Å². The number of urea groups is 1. The van der Waals surface area contributed by atoms with Gasteiger partial charge in [-0.25, -0.2) is 17.9 Å². The van der Waals surface area contributed by atoms with Gasteiger partial charge in [-0.3, -0.25) is 0 Å². The summed E-state index contributed by atoms with van der Waals surface area (Å²) in [5.74, 6) is 0.422. The van der Waals surface area contributed by atoms with Crippen LogP contribution in [0.2, 0.25) is 0 Å². The van der Waals surface area contributed by atoms with Gasteiger partial charge < -0.3 is 15.7 Å².